The zero-order chi connectivity index (χ0) is 23.3. The highest BCUT2D eigenvalue weighted by Crippen LogP contribution is 2.28. The molecule has 0 atom stereocenters. The number of nitrogens with zero attached hydrogens (tertiary/aromatic N) is 1. The van der Waals surface area contributed by atoms with Gasteiger partial charge in [0, 0.05) is 16.7 Å². The summed E-state index contributed by atoms with van der Waals surface area (Å²) in [6.45, 7) is 3.78. The minimum Gasteiger partial charge on any atom is -0.207 e. The van der Waals surface area contributed by atoms with Crippen molar-refractivity contribution < 1.29 is 17.6 Å². The fourth-order valence-electron chi connectivity index (χ4n) is 3.36. The Morgan fingerprint density at radius 2 is 1.47 bits per heavy atom. The van der Waals surface area contributed by atoms with E-state index in [0.717, 1.165) is 17.7 Å². The molecule has 0 saturated carbocycles. The summed E-state index contributed by atoms with van der Waals surface area (Å²) < 4.78 is 56.7. The molecule has 0 saturated heterocycles. The Hall–Kier alpha value is -3.22. The monoisotopic (exact) mass is 453 g/mol. The molecule has 0 aliphatic carbocycles. The average molecular weight is 454 g/mol. The first-order chi connectivity index (χ1) is 15.4. The van der Waals surface area contributed by atoms with Crippen molar-refractivity contribution >= 4 is 11.8 Å². The standard InChI is InChI=1S/C26H19F4NS/c1-3-5-21-22(27)13-20(14-23(21)28)19-9-8-18(17(4-2)12-19)7-6-16-10-24(29)26(32-15-31)25(30)11-16/h8-14H,3-5H2,1-2H3. The van der Waals surface area contributed by atoms with E-state index in [-0.39, 0.29) is 16.0 Å². The average Bonchev–Trinajstić information content (AvgIpc) is 2.77. The van der Waals surface area contributed by atoms with Gasteiger partial charge in [0.25, 0.3) is 0 Å². The molecule has 0 aliphatic rings. The summed E-state index contributed by atoms with van der Waals surface area (Å²) in [6.07, 6.45) is 1.59. The molecule has 32 heavy (non-hydrogen) atoms. The minimum atomic E-state index is -0.845. The van der Waals surface area contributed by atoms with Crippen LogP contribution >= 0.6 is 11.8 Å². The minimum absolute atomic E-state index is 0.0908. The lowest BCUT2D eigenvalue weighted by Crippen LogP contribution is -1.97. The SMILES string of the molecule is CCCc1c(F)cc(-c2ccc(C#Cc3cc(F)c(SC#N)c(F)c3)c(CC)c2)cc1F. The van der Waals surface area contributed by atoms with Crippen molar-refractivity contribution in [1.29, 1.82) is 5.26 Å². The molecule has 162 valence electrons. The maximum absolute atomic E-state index is 14.4. The number of aryl methyl sites for hydroxylation is 1. The van der Waals surface area contributed by atoms with Crippen LogP contribution in [0, 0.1) is 45.8 Å². The smallest absolute Gasteiger partial charge is 0.142 e. The summed E-state index contributed by atoms with van der Waals surface area (Å²) in [4.78, 5) is -0.360. The molecular weight excluding hydrogens is 434 g/mol. The number of nitriles is 1. The Morgan fingerprint density at radius 1 is 0.812 bits per heavy atom. The van der Waals surface area contributed by atoms with Gasteiger partial charge in [0.2, 0.25) is 0 Å². The first-order valence-corrected chi connectivity index (χ1v) is 10.9. The molecule has 0 aliphatic heterocycles. The maximum atomic E-state index is 14.4. The summed E-state index contributed by atoms with van der Waals surface area (Å²) in [7, 11) is 0. The molecule has 0 aromatic heterocycles. The Balaban J connectivity index is 1.95. The van der Waals surface area contributed by atoms with Crippen molar-refractivity contribution in [3.8, 4) is 28.4 Å². The molecule has 1 nitrogen and oxygen atoms in total. The van der Waals surface area contributed by atoms with Gasteiger partial charge in [-0.05, 0) is 77.7 Å². The molecule has 0 heterocycles. The fraction of sp³-hybridized carbons (Fsp3) is 0.192. The van der Waals surface area contributed by atoms with Crippen molar-refractivity contribution in [1.82, 2.24) is 0 Å². The van der Waals surface area contributed by atoms with E-state index in [2.05, 4.69) is 11.8 Å². The lowest BCUT2D eigenvalue weighted by atomic mass is 9.96. The third-order valence-electron chi connectivity index (χ3n) is 4.95. The van der Waals surface area contributed by atoms with E-state index >= 15 is 0 Å². The highest BCUT2D eigenvalue weighted by molar-refractivity contribution is 8.03. The van der Waals surface area contributed by atoms with Crippen molar-refractivity contribution in [3.63, 3.8) is 0 Å². The summed E-state index contributed by atoms with van der Waals surface area (Å²) >= 11 is 0.417. The Morgan fingerprint density at radius 3 is 2.03 bits per heavy atom. The zero-order valence-electron chi connectivity index (χ0n) is 17.5. The molecule has 0 radical (unpaired) electrons. The van der Waals surface area contributed by atoms with E-state index in [1.54, 1.807) is 17.5 Å². The highest BCUT2D eigenvalue weighted by Gasteiger charge is 2.13. The largest absolute Gasteiger partial charge is 0.207 e. The van der Waals surface area contributed by atoms with Gasteiger partial charge in [-0.25, -0.2) is 17.6 Å². The Bertz CT molecular complexity index is 1220. The molecule has 0 fully saturated rings. The van der Waals surface area contributed by atoms with E-state index in [0.29, 0.717) is 47.7 Å². The van der Waals surface area contributed by atoms with Crippen molar-refractivity contribution in [2.24, 2.45) is 0 Å². The van der Waals surface area contributed by atoms with Crippen molar-refractivity contribution in [2.75, 3.05) is 0 Å². The highest BCUT2D eigenvalue weighted by atomic mass is 32.2. The van der Waals surface area contributed by atoms with Crippen LogP contribution in [0.4, 0.5) is 17.6 Å². The first kappa shape index (κ1) is 23.4. The van der Waals surface area contributed by atoms with Gasteiger partial charge in [0.05, 0.1) is 4.90 Å². The summed E-state index contributed by atoms with van der Waals surface area (Å²) in [5.41, 5.74) is 2.81. The van der Waals surface area contributed by atoms with E-state index in [1.807, 2.05) is 19.9 Å². The normalized spacial score (nSPS) is 10.4. The van der Waals surface area contributed by atoms with Crippen LogP contribution in [0.15, 0.2) is 47.4 Å². The summed E-state index contributed by atoms with van der Waals surface area (Å²) in [5.74, 6) is 2.84. The van der Waals surface area contributed by atoms with E-state index in [4.69, 9.17) is 5.26 Å². The lowest BCUT2D eigenvalue weighted by Gasteiger charge is -2.10. The maximum Gasteiger partial charge on any atom is 0.142 e. The molecule has 6 heteroatoms. The lowest BCUT2D eigenvalue weighted by molar-refractivity contribution is 0.540. The van der Waals surface area contributed by atoms with E-state index in [9.17, 15) is 17.6 Å². The number of benzene rings is 3. The van der Waals surface area contributed by atoms with Gasteiger partial charge >= 0.3 is 0 Å². The third-order valence-corrected chi connectivity index (χ3v) is 5.63. The van der Waals surface area contributed by atoms with Crippen LogP contribution in [-0.2, 0) is 12.8 Å². The number of halogens is 4. The fourth-order valence-corrected chi connectivity index (χ4v) is 3.77. The zero-order valence-corrected chi connectivity index (χ0v) is 18.3. The number of hydrogen-bond donors (Lipinski definition) is 0. The van der Waals surface area contributed by atoms with Crippen LogP contribution in [0.3, 0.4) is 0 Å². The van der Waals surface area contributed by atoms with Gasteiger partial charge < -0.3 is 0 Å². The first-order valence-electron chi connectivity index (χ1n) is 10.1. The molecule has 0 spiro atoms. The van der Waals surface area contributed by atoms with Gasteiger partial charge in [-0.1, -0.05) is 38.2 Å². The van der Waals surface area contributed by atoms with Gasteiger partial charge in [-0.2, -0.15) is 5.26 Å². The Kier molecular flexibility index (Phi) is 7.62. The van der Waals surface area contributed by atoms with Crippen LogP contribution in [0.25, 0.3) is 11.1 Å². The topological polar surface area (TPSA) is 23.8 Å². The Labute approximate surface area is 189 Å². The molecule has 3 aromatic carbocycles. The molecule has 3 aromatic rings. The molecular formula is C26H19F4NS. The van der Waals surface area contributed by atoms with Gasteiger partial charge in [0.1, 0.15) is 28.7 Å². The quantitative estimate of drug-likeness (QED) is 0.174. The second-order valence-corrected chi connectivity index (χ2v) is 7.90. The molecule has 0 unspecified atom stereocenters. The van der Waals surface area contributed by atoms with Crippen molar-refractivity contribution in [2.45, 2.75) is 38.0 Å². The predicted octanol–water partition coefficient (Wildman–Crippen LogP) is 7.40. The van der Waals surface area contributed by atoms with E-state index in [1.165, 1.54) is 12.1 Å². The molecule has 0 N–H and O–H groups in total. The number of hydrogen-bond acceptors (Lipinski definition) is 2. The second-order valence-electron chi connectivity index (χ2n) is 7.11. The van der Waals surface area contributed by atoms with Gasteiger partial charge in [-0.3, -0.25) is 0 Å². The number of rotatable bonds is 5. The van der Waals surface area contributed by atoms with Crippen LogP contribution in [0.5, 0.6) is 0 Å². The number of thioether (sulfide) groups is 1. The second kappa shape index (κ2) is 10.4. The van der Waals surface area contributed by atoms with Crippen LogP contribution in [0.2, 0.25) is 0 Å². The van der Waals surface area contributed by atoms with Gasteiger partial charge in [0.15, 0.2) is 0 Å². The van der Waals surface area contributed by atoms with Gasteiger partial charge in [-0.15, -0.1) is 0 Å². The molecule has 3 rings (SSSR count). The van der Waals surface area contributed by atoms with Crippen LogP contribution in [-0.4, -0.2) is 0 Å². The van der Waals surface area contributed by atoms with Crippen molar-refractivity contribution in [3.05, 3.63) is 88.0 Å². The van der Waals surface area contributed by atoms with Crippen LogP contribution in [0.1, 0.15) is 42.5 Å². The number of thiocyanates is 1. The van der Waals surface area contributed by atoms with Crippen LogP contribution < -0.4 is 0 Å². The third kappa shape index (κ3) is 5.15. The summed E-state index contributed by atoms with van der Waals surface area (Å²) in [5, 5.41) is 10.3. The summed E-state index contributed by atoms with van der Waals surface area (Å²) in [6, 6.07) is 10.1. The molecule has 0 amide bonds. The molecule has 0 bridgehead atoms. The van der Waals surface area contributed by atoms with E-state index < -0.39 is 23.3 Å². The predicted molar refractivity (Wildman–Crippen MR) is 119 cm³/mol.